The quantitative estimate of drug-likeness (QED) is 0.225. The van der Waals surface area contributed by atoms with E-state index in [1.807, 2.05) is 79.0 Å². The molecular formula is C32H28N4O2S. The molecule has 2 unspecified atom stereocenters. The number of para-hydroxylation sites is 1. The topological polar surface area (TPSA) is 51.6 Å². The van der Waals surface area contributed by atoms with Crippen molar-refractivity contribution in [3.63, 3.8) is 0 Å². The summed E-state index contributed by atoms with van der Waals surface area (Å²) in [6.07, 6.45) is 1.83. The maximum Gasteiger partial charge on any atom is 0.174 e. The summed E-state index contributed by atoms with van der Waals surface area (Å²) in [5.41, 5.74) is 5.29. The molecule has 1 fully saturated rings. The van der Waals surface area contributed by atoms with E-state index in [1.165, 1.54) is 0 Å². The molecule has 0 spiro atoms. The lowest BCUT2D eigenvalue weighted by molar-refractivity contribution is 0.413. The van der Waals surface area contributed by atoms with E-state index < -0.39 is 0 Å². The molecule has 3 heterocycles. The van der Waals surface area contributed by atoms with E-state index in [1.54, 1.807) is 7.11 Å². The molecular weight excluding hydrogens is 504 g/mol. The van der Waals surface area contributed by atoms with E-state index in [2.05, 4.69) is 58.1 Å². The summed E-state index contributed by atoms with van der Waals surface area (Å²) >= 11 is 5.94. The molecule has 1 aliphatic heterocycles. The molecule has 0 saturated carbocycles. The minimum atomic E-state index is -0.134. The number of methoxy groups -OCH3 is 1. The lowest BCUT2D eigenvalue weighted by Crippen LogP contribution is -2.30. The minimum Gasteiger partial charge on any atom is -0.497 e. The predicted molar refractivity (Wildman–Crippen MR) is 158 cm³/mol. The molecule has 1 N–H and O–H groups in total. The van der Waals surface area contributed by atoms with Crippen LogP contribution in [0.2, 0.25) is 0 Å². The molecule has 5 aromatic rings. The molecule has 6 rings (SSSR count). The van der Waals surface area contributed by atoms with Crippen LogP contribution in [0, 0.1) is 6.92 Å². The van der Waals surface area contributed by atoms with Gasteiger partial charge in [-0.3, -0.25) is 4.98 Å². The number of rotatable bonds is 7. The number of nitrogens with one attached hydrogen (secondary N) is 1. The Bertz CT molecular complexity index is 1570. The summed E-state index contributed by atoms with van der Waals surface area (Å²) in [5.74, 6) is 2.27. The number of aryl methyl sites for hydroxylation is 1. The van der Waals surface area contributed by atoms with Crippen molar-refractivity contribution in [3.05, 3.63) is 132 Å². The molecule has 7 heteroatoms. The summed E-state index contributed by atoms with van der Waals surface area (Å²) < 4.78 is 13.6. The Morgan fingerprint density at radius 2 is 1.41 bits per heavy atom. The van der Waals surface area contributed by atoms with Crippen LogP contribution in [0.3, 0.4) is 0 Å². The Kier molecular flexibility index (Phi) is 6.73. The monoisotopic (exact) mass is 532 g/mol. The highest BCUT2D eigenvalue weighted by atomic mass is 32.1. The van der Waals surface area contributed by atoms with Crippen LogP contribution >= 0.6 is 12.2 Å². The van der Waals surface area contributed by atoms with E-state index in [-0.39, 0.29) is 12.1 Å². The van der Waals surface area contributed by atoms with Crippen LogP contribution in [0.25, 0.3) is 5.69 Å². The van der Waals surface area contributed by atoms with E-state index in [9.17, 15) is 0 Å². The minimum absolute atomic E-state index is 0.130. The molecule has 0 radical (unpaired) electrons. The molecule has 2 atom stereocenters. The fourth-order valence-electron chi connectivity index (χ4n) is 5.11. The van der Waals surface area contributed by atoms with E-state index in [0.717, 1.165) is 45.7 Å². The highest BCUT2D eigenvalue weighted by Gasteiger charge is 2.42. The van der Waals surface area contributed by atoms with Crippen LogP contribution in [0.1, 0.15) is 29.2 Å². The number of pyridine rings is 1. The maximum atomic E-state index is 6.07. The molecule has 0 bridgehead atoms. The van der Waals surface area contributed by atoms with Crippen LogP contribution in [0.5, 0.6) is 17.2 Å². The number of thiocarbonyl (C=S) groups is 1. The lowest BCUT2D eigenvalue weighted by atomic mass is 10.0. The zero-order valence-corrected chi connectivity index (χ0v) is 22.5. The van der Waals surface area contributed by atoms with Gasteiger partial charge in [-0.15, -0.1) is 0 Å². The molecule has 3 aromatic carbocycles. The average molecular weight is 533 g/mol. The van der Waals surface area contributed by atoms with Crippen molar-refractivity contribution >= 4 is 23.0 Å². The highest BCUT2D eigenvalue weighted by Crippen LogP contribution is 2.43. The van der Waals surface area contributed by atoms with Gasteiger partial charge >= 0.3 is 0 Å². The van der Waals surface area contributed by atoms with Crippen LogP contribution in [-0.2, 0) is 0 Å². The van der Waals surface area contributed by atoms with Gasteiger partial charge in [-0.25, -0.2) is 0 Å². The first-order valence-corrected chi connectivity index (χ1v) is 13.2. The lowest BCUT2D eigenvalue weighted by Gasteiger charge is -2.29. The second-order valence-electron chi connectivity index (χ2n) is 9.34. The van der Waals surface area contributed by atoms with Crippen molar-refractivity contribution in [3.8, 4) is 22.9 Å². The number of aromatic nitrogens is 2. The first-order valence-electron chi connectivity index (χ1n) is 12.8. The van der Waals surface area contributed by atoms with Gasteiger partial charge in [0, 0.05) is 29.0 Å². The van der Waals surface area contributed by atoms with Crippen molar-refractivity contribution in [2.24, 2.45) is 0 Å². The summed E-state index contributed by atoms with van der Waals surface area (Å²) in [6.45, 7) is 2.13. The molecule has 2 aromatic heterocycles. The Hall–Kier alpha value is -4.62. The fraction of sp³-hybridized carbons (Fsp3) is 0.125. The summed E-state index contributed by atoms with van der Waals surface area (Å²) in [4.78, 5) is 6.88. The number of nitrogens with zero attached hydrogens (tertiary/aromatic N) is 3. The zero-order chi connectivity index (χ0) is 26.8. The van der Waals surface area contributed by atoms with Gasteiger partial charge in [-0.05, 0) is 104 Å². The first kappa shape index (κ1) is 24.7. The SMILES string of the molecule is COc1ccc(Oc2ccc(N3C(=S)NC(c4ccccn4)C3c3ccc(C)n3-c3ccccc3)cc2)cc1. The van der Waals surface area contributed by atoms with Crippen LogP contribution < -0.4 is 19.7 Å². The van der Waals surface area contributed by atoms with Crippen molar-refractivity contribution in [1.29, 1.82) is 0 Å². The number of ether oxygens (including phenoxy) is 2. The van der Waals surface area contributed by atoms with E-state index >= 15 is 0 Å². The van der Waals surface area contributed by atoms with Gasteiger partial charge in [0.1, 0.15) is 23.3 Å². The molecule has 6 nitrogen and oxygen atoms in total. The number of hydrogen-bond acceptors (Lipinski definition) is 4. The number of hydrogen-bond donors (Lipinski definition) is 1. The fourth-order valence-corrected chi connectivity index (χ4v) is 5.45. The molecule has 0 amide bonds. The van der Waals surface area contributed by atoms with Crippen LogP contribution in [0.15, 0.2) is 115 Å². The first-order chi connectivity index (χ1) is 19.1. The van der Waals surface area contributed by atoms with E-state index in [0.29, 0.717) is 5.11 Å². The third-order valence-corrected chi connectivity index (χ3v) is 7.25. The number of benzene rings is 3. The molecule has 194 valence electrons. The third-order valence-electron chi connectivity index (χ3n) is 6.93. The van der Waals surface area contributed by atoms with Gasteiger partial charge in [-0.1, -0.05) is 24.3 Å². The molecule has 39 heavy (non-hydrogen) atoms. The number of anilines is 1. The normalized spacial score (nSPS) is 16.7. The van der Waals surface area contributed by atoms with Crippen molar-refractivity contribution in [2.75, 3.05) is 12.0 Å². The third kappa shape index (κ3) is 4.84. The van der Waals surface area contributed by atoms with Gasteiger partial charge in [0.25, 0.3) is 0 Å². The zero-order valence-electron chi connectivity index (χ0n) is 21.7. The van der Waals surface area contributed by atoms with Crippen molar-refractivity contribution in [2.45, 2.75) is 19.0 Å². The second-order valence-corrected chi connectivity index (χ2v) is 9.73. The van der Waals surface area contributed by atoms with Gasteiger partial charge in [0.15, 0.2) is 5.11 Å². The van der Waals surface area contributed by atoms with Gasteiger partial charge in [0.2, 0.25) is 0 Å². The van der Waals surface area contributed by atoms with Crippen LogP contribution in [0.4, 0.5) is 5.69 Å². The Balaban J connectivity index is 1.38. The largest absolute Gasteiger partial charge is 0.497 e. The van der Waals surface area contributed by atoms with Crippen LogP contribution in [-0.4, -0.2) is 21.8 Å². The summed E-state index contributed by atoms with van der Waals surface area (Å²) in [5, 5.41) is 4.21. The Morgan fingerprint density at radius 3 is 2.08 bits per heavy atom. The van der Waals surface area contributed by atoms with Crippen molar-refractivity contribution in [1.82, 2.24) is 14.9 Å². The smallest absolute Gasteiger partial charge is 0.174 e. The molecule has 1 aliphatic rings. The maximum absolute atomic E-state index is 6.07. The molecule has 0 aliphatic carbocycles. The second kappa shape index (κ2) is 10.6. The Labute approximate surface area is 233 Å². The van der Waals surface area contributed by atoms with Gasteiger partial charge in [-0.2, -0.15) is 0 Å². The average Bonchev–Trinajstić information content (AvgIpc) is 3.54. The summed E-state index contributed by atoms with van der Waals surface area (Å²) in [7, 11) is 1.65. The predicted octanol–water partition coefficient (Wildman–Crippen LogP) is 7.16. The molecule has 1 saturated heterocycles. The van der Waals surface area contributed by atoms with Gasteiger partial charge < -0.3 is 24.3 Å². The Morgan fingerprint density at radius 1 is 0.744 bits per heavy atom. The van der Waals surface area contributed by atoms with Crippen molar-refractivity contribution < 1.29 is 9.47 Å². The van der Waals surface area contributed by atoms with E-state index in [4.69, 9.17) is 26.7 Å². The summed E-state index contributed by atoms with van der Waals surface area (Å²) in [6, 6.07) is 36.0. The highest BCUT2D eigenvalue weighted by molar-refractivity contribution is 7.80. The van der Waals surface area contributed by atoms with Gasteiger partial charge in [0.05, 0.1) is 18.8 Å². The standard InChI is InChI=1S/C32H28N4O2S/c1-22-11-20-29(35(22)23-8-4-3-5-9-23)31-30(28-10-6-7-21-33-28)34-32(39)36(31)24-12-14-26(15-13-24)38-27-18-16-25(37-2)17-19-27/h3-21,30-31H,1-2H3,(H,34,39).